The number of hydrogen-bond acceptors (Lipinski definition) is 0. The average Bonchev–Trinajstić information content (AvgIpc) is 2.18. The van der Waals surface area contributed by atoms with Crippen molar-refractivity contribution in [3.05, 3.63) is 36.5 Å². The normalized spacial score (nSPS) is 25.4. The Kier molecular flexibility index (Phi) is 4.67. The summed E-state index contributed by atoms with van der Waals surface area (Å²) in [6.07, 6.45) is 11.3. The van der Waals surface area contributed by atoms with E-state index in [4.69, 9.17) is 0 Å². The van der Waals surface area contributed by atoms with E-state index in [0.29, 0.717) is 16.7 Å². The predicted molar refractivity (Wildman–Crippen MR) is 67.7 cm³/mol. The molecular formula is C13H19Br. The molecule has 3 unspecified atom stereocenters. The van der Waals surface area contributed by atoms with Crippen LogP contribution in [0.15, 0.2) is 36.5 Å². The number of allylic oxidation sites excluding steroid dienone is 5. The maximum atomic E-state index is 3.81. The Morgan fingerprint density at radius 3 is 2.79 bits per heavy atom. The zero-order chi connectivity index (χ0) is 10.6. The van der Waals surface area contributed by atoms with Gasteiger partial charge < -0.3 is 0 Å². The molecule has 0 aromatic rings. The van der Waals surface area contributed by atoms with Crippen molar-refractivity contribution in [1.82, 2.24) is 0 Å². The second-order valence-electron chi connectivity index (χ2n) is 4.13. The van der Waals surface area contributed by atoms with Crippen molar-refractivity contribution in [2.45, 2.75) is 31.5 Å². The minimum Gasteiger partial charge on any atom is -0.103 e. The first-order valence-electron chi connectivity index (χ1n) is 5.27. The van der Waals surface area contributed by atoms with Crippen LogP contribution in [0, 0.1) is 11.8 Å². The molecule has 0 bridgehead atoms. The van der Waals surface area contributed by atoms with Gasteiger partial charge >= 0.3 is 0 Å². The second-order valence-corrected chi connectivity index (χ2v) is 5.58. The third-order valence-electron chi connectivity index (χ3n) is 2.76. The summed E-state index contributed by atoms with van der Waals surface area (Å²) in [5.74, 6) is 1.25. The highest BCUT2D eigenvalue weighted by Crippen LogP contribution is 2.26. The molecule has 0 saturated carbocycles. The smallest absolute Gasteiger partial charge is 0.0183 e. The molecule has 0 aromatic heterocycles. The molecule has 0 N–H and O–H groups in total. The molecular weight excluding hydrogens is 236 g/mol. The lowest BCUT2D eigenvalue weighted by atomic mass is 9.90. The quantitative estimate of drug-likeness (QED) is 0.513. The van der Waals surface area contributed by atoms with Gasteiger partial charge in [-0.1, -0.05) is 59.7 Å². The van der Waals surface area contributed by atoms with Crippen molar-refractivity contribution in [3.8, 4) is 0 Å². The number of halogens is 1. The molecule has 0 aliphatic heterocycles. The van der Waals surface area contributed by atoms with Gasteiger partial charge in [0.15, 0.2) is 0 Å². The van der Waals surface area contributed by atoms with Gasteiger partial charge in [0.25, 0.3) is 0 Å². The number of hydrogen-bond donors (Lipinski definition) is 0. The van der Waals surface area contributed by atoms with Crippen LogP contribution in [-0.2, 0) is 0 Å². The van der Waals surface area contributed by atoms with E-state index in [-0.39, 0.29) is 0 Å². The minimum atomic E-state index is 0.577. The van der Waals surface area contributed by atoms with E-state index in [0.717, 1.165) is 6.42 Å². The summed E-state index contributed by atoms with van der Waals surface area (Å²) in [6.45, 7) is 8.23. The van der Waals surface area contributed by atoms with Crippen LogP contribution < -0.4 is 0 Å². The summed E-state index contributed by atoms with van der Waals surface area (Å²) in [7, 11) is 0. The first-order valence-corrected chi connectivity index (χ1v) is 6.19. The Hall–Kier alpha value is -0.300. The lowest BCUT2D eigenvalue weighted by Gasteiger charge is -2.19. The van der Waals surface area contributed by atoms with Gasteiger partial charge in [0, 0.05) is 4.83 Å². The summed E-state index contributed by atoms with van der Waals surface area (Å²) in [5.41, 5.74) is 1.46. The van der Waals surface area contributed by atoms with E-state index in [9.17, 15) is 0 Å². The van der Waals surface area contributed by atoms with Crippen LogP contribution in [0.4, 0.5) is 0 Å². The second kappa shape index (κ2) is 5.55. The Balaban J connectivity index is 2.46. The Labute approximate surface area is 95.9 Å². The summed E-state index contributed by atoms with van der Waals surface area (Å²) in [4.78, 5) is 0.577. The van der Waals surface area contributed by atoms with E-state index in [2.05, 4.69) is 54.6 Å². The van der Waals surface area contributed by atoms with Gasteiger partial charge in [-0.25, -0.2) is 0 Å². The first kappa shape index (κ1) is 11.8. The van der Waals surface area contributed by atoms with Gasteiger partial charge in [-0.2, -0.15) is 0 Å². The van der Waals surface area contributed by atoms with E-state index in [1.165, 1.54) is 12.0 Å². The molecule has 0 radical (unpaired) electrons. The van der Waals surface area contributed by atoms with E-state index < -0.39 is 0 Å². The fourth-order valence-electron chi connectivity index (χ4n) is 1.63. The Morgan fingerprint density at radius 2 is 2.36 bits per heavy atom. The first-order chi connectivity index (χ1) is 6.63. The van der Waals surface area contributed by atoms with Crippen molar-refractivity contribution >= 4 is 15.9 Å². The van der Waals surface area contributed by atoms with Crippen LogP contribution in [-0.4, -0.2) is 4.83 Å². The molecule has 0 saturated heterocycles. The maximum Gasteiger partial charge on any atom is 0.0183 e. The molecule has 1 rings (SSSR count). The summed E-state index contributed by atoms with van der Waals surface area (Å²) in [5, 5.41) is 0. The van der Waals surface area contributed by atoms with Crippen molar-refractivity contribution in [1.29, 1.82) is 0 Å². The van der Waals surface area contributed by atoms with Gasteiger partial charge in [-0.15, -0.1) is 6.58 Å². The number of alkyl halides is 1. The molecule has 0 nitrogen and oxygen atoms in total. The highest BCUT2D eigenvalue weighted by atomic mass is 79.9. The minimum absolute atomic E-state index is 0.577. The van der Waals surface area contributed by atoms with Gasteiger partial charge in [-0.3, -0.25) is 0 Å². The standard InChI is InChI=1S/C13H19Br/c1-4-10(2)9-12-5-7-13(8-6-12)11(3)14/h4-7,10-11,13H,1,8-9H2,2-3H3. The molecule has 0 heterocycles. The molecule has 3 atom stereocenters. The highest BCUT2D eigenvalue weighted by molar-refractivity contribution is 9.09. The van der Waals surface area contributed by atoms with Crippen LogP contribution in [0.2, 0.25) is 0 Å². The zero-order valence-corrected chi connectivity index (χ0v) is 10.6. The lowest BCUT2D eigenvalue weighted by Crippen LogP contribution is -2.10. The van der Waals surface area contributed by atoms with Crippen molar-refractivity contribution in [2.75, 3.05) is 0 Å². The molecule has 0 aromatic carbocycles. The fraction of sp³-hybridized carbons (Fsp3) is 0.538. The van der Waals surface area contributed by atoms with Crippen LogP contribution in [0.5, 0.6) is 0 Å². The topological polar surface area (TPSA) is 0 Å². The van der Waals surface area contributed by atoms with Crippen LogP contribution in [0.1, 0.15) is 26.7 Å². The maximum absolute atomic E-state index is 3.81. The fourth-order valence-corrected chi connectivity index (χ4v) is 2.02. The third kappa shape index (κ3) is 3.45. The van der Waals surface area contributed by atoms with Gasteiger partial charge in [0.1, 0.15) is 0 Å². The summed E-state index contributed by atoms with van der Waals surface area (Å²) in [6, 6.07) is 0. The molecule has 1 aliphatic carbocycles. The van der Waals surface area contributed by atoms with Crippen LogP contribution in [0.25, 0.3) is 0 Å². The molecule has 78 valence electrons. The SMILES string of the molecule is C=CC(C)CC1=CCC(C(C)Br)C=C1. The number of rotatable bonds is 4. The molecule has 1 heteroatoms. The van der Waals surface area contributed by atoms with Gasteiger partial charge in [-0.05, 0) is 24.7 Å². The van der Waals surface area contributed by atoms with E-state index in [1.54, 1.807) is 0 Å². The molecule has 1 aliphatic rings. The predicted octanol–water partition coefficient (Wildman–Crippen LogP) is 4.48. The summed E-state index contributed by atoms with van der Waals surface area (Å²) >= 11 is 3.62. The highest BCUT2D eigenvalue weighted by Gasteiger charge is 2.13. The average molecular weight is 255 g/mol. The van der Waals surface area contributed by atoms with Crippen molar-refractivity contribution < 1.29 is 0 Å². The molecule has 0 amide bonds. The lowest BCUT2D eigenvalue weighted by molar-refractivity contribution is 0.639. The van der Waals surface area contributed by atoms with E-state index in [1.807, 2.05) is 6.08 Å². The Bertz CT molecular complexity index is 248. The van der Waals surface area contributed by atoms with Crippen LogP contribution >= 0.6 is 15.9 Å². The van der Waals surface area contributed by atoms with Gasteiger partial charge in [0.2, 0.25) is 0 Å². The monoisotopic (exact) mass is 254 g/mol. The zero-order valence-electron chi connectivity index (χ0n) is 9.04. The largest absolute Gasteiger partial charge is 0.103 e. The summed E-state index contributed by atoms with van der Waals surface area (Å²) < 4.78 is 0. The van der Waals surface area contributed by atoms with Crippen LogP contribution in [0.3, 0.4) is 0 Å². The third-order valence-corrected chi connectivity index (χ3v) is 3.44. The van der Waals surface area contributed by atoms with E-state index >= 15 is 0 Å². The molecule has 0 spiro atoms. The van der Waals surface area contributed by atoms with Gasteiger partial charge in [0.05, 0.1) is 0 Å². The molecule has 0 fully saturated rings. The molecule has 14 heavy (non-hydrogen) atoms. The van der Waals surface area contributed by atoms with Crippen molar-refractivity contribution in [3.63, 3.8) is 0 Å². The van der Waals surface area contributed by atoms with Crippen molar-refractivity contribution in [2.24, 2.45) is 11.8 Å². The Morgan fingerprint density at radius 1 is 1.64 bits per heavy atom.